The second kappa shape index (κ2) is 11.5. The molecular weight excluding hydrogens is 338 g/mol. The van der Waals surface area contributed by atoms with Gasteiger partial charge in [0.1, 0.15) is 0 Å². The summed E-state index contributed by atoms with van der Waals surface area (Å²) in [6, 6.07) is 42.0. The second-order valence-corrected chi connectivity index (χ2v) is 6.72. The van der Waals surface area contributed by atoms with E-state index in [9.17, 15) is 0 Å². The van der Waals surface area contributed by atoms with Crippen LogP contribution >= 0.6 is 0 Å². The normalized spacial score (nSPS) is 10.0. The van der Waals surface area contributed by atoms with Gasteiger partial charge in [-0.2, -0.15) is 0 Å². The molecule has 1 nitrogen and oxygen atoms in total. The molecule has 0 bridgehead atoms. The summed E-state index contributed by atoms with van der Waals surface area (Å²) < 4.78 is 0. The Hall–Kier alpha value is -3.16. The van der Waals surface area contributed by atoms with Gasteiger partial charge in [-0.1, -0.05) is 121 Å². The lowest BCUT2D eigenvalue weighted by Crippen LogP contribution is -2.12. The molecule has 0 aliphatic rings. The molecular formula is C27H27N. The monoisotopic (exact) mass is 365 g/mol. The zero-order chi connectivity index (χ0) is 19.3. The van der Waals surface area contributed by atoms with E-state index >= 15 is 0 Å². The Balaban J connectivity index is 0.000000162. The maximum atomic E-state index is 3.42. The number of benzene rings is 4. The van der Waals surface area contributed by atoms with E-state index in [0.29, 0.717) is 0 Å². The van der Waals surface area contributed by atoms with Crippen molar-refractivity contribution in [2.24, 2.45) is 0 Å². The molecule has 1 N–H and O–H groups in total. The Morgan fingerprint density at radius 3 is 0.964 bits per heavy atom. The van der Waals surface area contributed by atoms with Gasteiger partial charge in [0.25, 0.3) is 0 Å². The van der Waals surface area contributed by atoms with Crippen LogP contribution in [0.1, 0.15) is 22.3 Å². The highest BCUT2D eigenvalue weighted by atomic mass is 14.8. The fraction of sp³-hybridized carbons (Fsp3) is 0.111. The lowest BCUT2D eigenvalue weighted by molar-refractivity contribution is 0.693. The topological polar surface area (TPSA) is 12.0 Å². The SMILES string of the molecule is c1ccc(CNCc2ccccc2)cc1.c1ccc(Cc2ccccc2)cc1. The van der Waals surface area contributed by atoms with E-state index in [4.69, 9.17) is 0 Å². The predicted octanol–water partition coefficient (Wildman–Crippen LogP) is 6.25. The van der Waals surface area contributed by atoms with Crippen LogP contribution in [0.5, 0.6) is 0 Å². The first-order valence-corrected chi connectivity index (χ1v) is 9.76. The molecule has 0 radical (unpaired) electrons. The largest absolute Gasteiger partial charge is 0.309 e. The third-order valence-corrected chi connectivity index (χ3v) is 4.44. The summed E-state index contributed by atoms with van der Waals surface area (Å²) in [7, 11) is 0. The maximum Gasteiger partial charge on any atom is 0.0208 e. The highest BCUT2D eigenvalue weighted by Gasteiger charge is 1.93. The quantitative estimate of drug-likeness (QED) is 0.425. The summed E-state index contributed by atoms with van der Waals surface area (Å²) in [5.74, 6) is 0. The molecule has 0 fully saturated rings. The minimum absolute atomic E-state index is 0.926. The highest BCUT2D eigenvalue weighted by Crippen LogP contribution is 2.08. The molecule has 0 atom stereocenters. The molecule has 0 aromatic heterocycles. The maximum absolute atomic E-state index is 3.42. The summed E-state index contributed by atoms with van der Waals surface area (Å²) in [4.78, 5) is 0. The molecule has 0 spiro atoms. The van der Waals surface area contributed by atoms with Crippen LogP contribution in [0, 0.1) is 0 Å². The molecule has 1 heteroatoms. The van der Waals surface area contributed by atoms with E-state index < -0.39 is 0 Å². The van der Waals surface area contributed by atoms with Crippen LogP contribution in [0.15, 0.2) is 121 Å². The van der Waals surface area contributed by atoms with E-state index in [-0.39, 0.29) is 0 Å². The molecule has 0 saturated carbocycles. The van der Waals surface area contributed by atoms with Crippen molar-refractivity contribution in [3.05, 3.63) is 144 Å². The van der Waals surface area contributed by atoms with Crippen LogP contribution in [0.3, 0.4) is 0 Å². The smallest absolute Gasteiger partial charge is 0.0208 e. The Bertz CT molecular complexity index is 811. The van der Waals surface area contributed by atoms with Crippen LogP contribution in [0.25, 0.3) is 0 Å². The van der Waals surface area contributed by atoms with Gasteiger partial charge in [-0.15, -0.1) is 0 Å². The molecule has 28 heavy (non-hydrogen) atoms. The van der Waals surface area contributed by atoms with Gasteiger partial charge in [0.05, 0.1) is 0 Å². The minimum Gasteiger partial charge on any atom is -0.309 e. The fourth-order valence-electron chi connectivity index (χ4n) is 2.97. The molecule has 140 valence electrons. The average Bonchev–Trinajstić information content (AvgIpc) is 2.77. The summed E-state index contributed by atoms with van der Waals surface area (Å²) in [5, 5.41) is 3.42. The van der Waals surface area contributed by atoms with Crippen LogP contribution in [0.4, 0.5) is 0 Å². The van der Waals surface area contributed by atoms with Crippen LogP contribution in [-0.4, -0.2) is 0 Å². The van der Waals surface area contributed by atoms with Gasteiger partial charge in [0.2, 0.25) is 0 Å². The van der Waals surface area contributed by atoms with Gasteiger partial charge in [0.15, 0.2) is 0 Å². The van der Waals surface area contributed by atoms with Gasteiger partial charge in [-0.05, 0) is 28.7 Å². The van der Waals surface area contributed by atoms with Gasteiger partial charge >= 0.3 is 0 Å². The van der Waals surface area contributed by atoms with Crippen molar-refractivity contribution < 1.29 is 0 Å². The van der Waals surface area contributed by atoms with Crippen molar-refractivity contribution in [1.82, 2.24) is 5.32 Å². The number of hydrogen-bond acceptors (Lipinski definition) is 1. The fourth-order valence-corrected chi connectivity index (χ4v) is 2.97. The standard InChI is InChI=1S/C14H15N.C13H12/c1-3-7-13(8-4-1)11-15-12-14-9-5-2-6-10-14;1-3-7-12(8-4-1)11-13-9-5-2-6-10-13/h1-10,15H,11-12H2;1-10H,11H2. The average molecular weight is 366 g/mol. The first-order chi connectivity index (χ1) is 13.9. The Morgan fingerprint density at radius 1 is 0.357 bits per heavy atom. The second-order valence-electron chi connectivity index (χ2n) is 6.72. The van der Waals surface area contributed by atoms with E-state index in [2.05, 4.69) is 115 Å². The van der Waals surface area contributed by atoms with Gasteiger partial charge in [-0.3, -0.25) is 0 Å². The Kier molecular flexibility index (Phi) is 8.07. The Labute approximate surface area is 168 Å². The zero-order valence-corrected chi connectivity index (χ0v) is 16.2. The highest BCUT2D eigenvalue weighted by molar-refractivity contribution is 5.25. The van der Waals surface area contributed by atoms with Crippen molar-refractivity contribution in [3.63, 3.8) is 0 Å². The number of rotatable bonds is 6. The molecule has 0 unspecified atom stereocenters. The van der Waals surface area contributed by atoms with E-state index in [0.717, 1.165) is 19.5 Å². The van der Waals surface area contributed by atoms with E-state index in [1.807, 2.05) is 12.1 Å². The van der Waals surface area contributed by atoms with Crippen LogP contribution in [0.2, 0.25) is 0 Å². The molecule has 4 aromatic rings. The minimum atomic E-state index is 0.926. The van der Waals surface area contributed by atoms with Crippen molar-refractivity contribution in [2.45, 2.75) is 19.5 Å². The molecule has 0 heterocycles. The summed E-state index contributed by atoms with van der Waals surface area (Å²) >= 11 is 0. The first-order valence-electron chi connectivity index (χ1n) is 9.76. The van der Waals surface area contributed by atoms with E-state index in [1.165, 1.54) is 22.3 Å². The van der Waals surface area contributed by atoms with Crippen LogP contribution < -0.4 is 5.32 Å². The van der Waals surface area contributed by atoms with Crippen molar-refractivity contribution in [1.29, 1.82) is 0 Å². The molecule has 0 amide bonds. The van der Waals surface area contributed by atoms with Crippen molar-refractivity contribution >= 4 is 0 Å². The summed E-state index contributed by atoms with van der Waals surface area (Å²) in [6.07, 6.45) is 1.03. The molecule has 0 aliphatic carbocycles. The van der Waals surface area contributed by atoms with Gasteiger partial charge in [0, 0.05) is 13.1 Å². The Morgan fingerprint density at radius 2 is 0.643 bits per heavy atom. The summed E-state index contributed by atoms with van der Waals surface area (Å²) in [5.41, 5.74) is 5.39. The van der Waals surface area contributed by atoms with E-state index in [1.54, 1.807) is 0 Å². The van der Waals surface area contributed by atoms with Crippen molar-refractivity contribution in [2.75, 3.05) is 0 Å². The molecule has 4 aromatic carbocycles. The third kappa shape index (κ3) is 7.22. The molecule has 0 aliphatic heterocycles. The van der Waals surface area contributed by atoms with Crippen LogP contribution in [-0.2, 0) is 19.5 Å². The first kappa shape index (κ1) is 19.6. The lowest BCUT2D eigenvalue weighted by Gasteiger charge is -2.04. The molecule has 0 saturated heterocycles. The summed E-state index contributed by atoms with van der Waals surface area (Å²) in [6.45, 7) is 1.85. The molecule has 4 rings (SSSR count). The van der Waals surface area contributed by atoms with Gasteiger partial charge < -0.3 is 5.32 Å². The lowest BCUT2D eigenvalue weighted by atomic mass is 10.1. The van der Waals surface area contributed by atoms with Crippen molar-refractivity contribution in [3.8, 4) is 0 Å². The third-order valence-electron chi connectivity index (χ3n) is 4.44. The number of nitrogens with one attached hydrogen (secondary N) is 1. The van der Waals surface area contributed by atoms with Gasteiger partial charge in [-0.25, -0.2) is 0 Å². The zero-order valence-electron chi connectivity index (χ0n) is 16.2. The number of hydrogen-bond donors (Lipinski definition) is 1. The predicted molar refractivity (Wildman–Crippen MR) is 119 cm³/mol.